The molecule has 0 aliphatic heterocycles. The first-order valence-corrected chi connectivity index (χ1v) is 12.5. The van der Waals surface area contributed by atoms with Crippen molar-refractivity contribution in [2.24, 2.45) is 0 Å². The zero-order valence-electron chi connectivity index (χ0n) is 19.2. The summed E-state index contributed by atoms with van der Waals surface area (Å²) in [5.74, 6) is 1.42. The van der Waals surface area contributed by atoms with Crippen LogP contribution in [-0.4, -0.2) is 35.5 Å². The number of hydrogen-bond donors (Lipinski definition) is 2. The number of nitrogens with one attached hydrogen (secondary N) is 2. The fourth-order valence-corrected chi connectivity index (χ4v) is 6.23. The minimum Gasteiger partial charge on any atom is -0.338 e. The molecule has 0 atom stereocenters. The molecule has 0 fully saturated rings. The van der Waals surface area contributed by atoms with Gasteiger partial charge in [0.05, 0.1) is 16.6 Å². The first-order chi connectivity index (χ1) is 16.6. The summed E-state index contributed by atoms with van der Waals surface area (Å²) in [5.41, 5.74) is 7.24. The lowest BCUT2D eigenvalue weighted by Crippen LogP contribution is -2.14. The third kappa shape index (κ3) is 3.56. The number of aryl methyl sites for hydroxylation is 3. The molecule has 1 aliphatic carbocycles. The normalized spacial score (nSPS) is 13.5. The number of imidazole rings is 1. The summed E-state index contributed by atoms with van der Waals surface area (Å²) >= 11 is 1.70. The van der Waals surface area contributed by atoms with Crippen molar-refractivity contribution in [3.8, 4) is 11.4 Å². The van der Waals surface area contributed by atoms with Crippen molar-refractivity contribution in [3.63, 3.8) is 0 Å². The van der Waals surface area contributed by atoms with E-state index >= 15 is 0 Å². The maximum absolute atomic E-state index is 13.1. The van der Waals surface area contributed by atoms with E-state index in [2.05, 4.69) is 25.4 Å². The summed E-state index contributed by atoms with van der Waals surface area (Å²) < 4.78 is 1.73. The van der Waals surface area contributed by atoms with E-state index in [1.54, 1.807) is 15.9 Å². The van der Waals surface area contributed by atoms with Gasteiger partial charge in [0, 0.05) is 22.7 Å². The lowest BCUT2D eigenvalue weighted by atomic mass is 9.95. The van der Waals surface area contributed by atoms with E-state index < -0.39 is 0 Å². The Hall–Kier alpha value is -3.59. The third-order valence-corrected chi connectivity index (χ3v) is 7.85. The van der Waals surface area contributed by atoms with E-state index in [9.17, 15) is 4.79 Å². The molecule has 1 amide bonds. The predicted octanol–water partition coefficient (Wildman–Crippen LogP) is 4.80. The van der Waals surface area contributed by atoms with Crippen molar-refractivity contribution in [3.05, 3.63) is 58.0 Å². The fraction of sp³-hybridized carbons (Fsp3) is 0.320. The van der Waals surface area contributed by atoms with E-state index in [0.29, 0.717) is 18.6 Å². The van der Waals surface area contributed by atoms with Gasteiger partial charge in [-0.15, -0.1) is 11.3 Å². The topological polar surface area (TPSA) is 101 Å². The van der Waals surface area contributed by atoms with Crippen LogP contribution in [0.2, 0.25) is 0 Å². The van der Waals surface area contributed by atoms with Crippen LogP contribution in [0.4, 0.5) is 5.00 Å². The van der Waals surface area contributed by atoms with E-state index in [1.165, 1.54) is 29.6 Å². The number of carbonyl (C=O) groups excluding carboxylic acids is 1. The summed E-state index contributed by atoms with van der Waals surface area (Å²) in [6, 6.07) is 8.05. The van der Waals surface area contributed by atoms with Crippen molar-refractivity contribution < 1.29 is 4.79 Å². The van der Waals surface area contributed by atoms with Gasteiger partial charge in [0.15, 0.2) is 0 Å². The smallest absolute Gasteiger partial charge is 0.252 e. The Morgan fingerprint density at radius 3 is 2.91 bits per heavy atom. The van der Waals surface area contributed by atoms with Crippen LogP contribution in [-0.2, 0) is 24.1 Å². The van der Waals surface area contributed by atoms with E-state index in [0.717, 1.165) is 57.2 Å². The molecule has 0 bridgehead atoms. The first kappa shape index (κ1) is 21.0. The van der Waals surface area contributed by atoms with E-state index in [1.807, 2.05) is 38.1 Å². The number of aromatic amines is 1. The summed E-state index contributed by atoms with van der Waals surface area (Å²) in [6.07, 6.45) is 6.91. The number of carbonyl (C=O) groups is 1. The van der Waals surface area contributed by atoms with Gasteiger partial charge in [-0.2, -0.15) is 10.1 Å². The maximum atomic E-state index is 13.1. The molecule has 2 N–H and O–H groups in total. The molecule has 8 nitrogen and oxygen atoms in total. The fourth-order valence-electron chi connectivity index (χ4n) is 4.92. The molecule has 1 aromatic carbocycles. The van der Waals surface area contributed by atoms with Crippen molar-refractivity contribution in [2.75, 3.05) is 5.32 Å². The second-order valence-electron chi connectivity index (χ2n) is 8.80. The van der Waals surface area contributed by atoms with Gasteiger partial charge < -0.3 is 10.3 Å². The Bertz CT molecular complexity index is 1510. The Balaban J connectivity index is 1.29. The molecule has 0 saturated carbocycles. The Morgan fingerprint density at radius 1 is 1.18 bits per heavy atom. The number of rotatable bonds is 5. The highest BCUT2D eigenvalue weighted by molar-refractivity contribution is 7.17. The second-order valence-corrected chi connectivity index (χ2v) is 9.90. The number of H-pyrrole nitrogens is 1. The molecule has 4 aromatic heterocycles. The molecular formula is C25H25N7OS. The van der Waals surface area contributed by atoms with Crippen LogP contribution in [0.3, 0.4) is 0 Å². The first-order valence-electron chi connectivity index (χ1n) is 11.6. The zero-order chi connectivity index (χ0) is 23.2. The molecule has 0 unspecified atom stereocenters. The molecule has 34 heavy (non-hydrogen) atoms. The molecule has 0 radical (unpaired) electrons. The number of anilines is 1. The average molecular weight is 472 g/mol. The predicted molar refractivity (Wildman–Crippen MR) is 133 cm³/mol. The Kier molecular flexibility index (Phi) is 5.13. The molecule has 1 aliphatic rings. The summed E-state index contributed by atoms with van der Waals surface area (Å²) in [7, 11) is 0. The van der Waals surface area contributed by atoms with Gasteiger partial charge in [0.25, 0.3) is 5.78 Å². The van der Waals surface area contributed by atoms with Crippen LogP contribution in [0.1, 0.15) is 46.7 Å². The average Bonchev–Trinajstić information content (AvgIpc) is 3.54. The number of fused-ring (bicyclic) bond motifs is 3. The SMILES string of the molecule is Cc1nc2ncnn2c(C)c1CCC(=O)Nc1sc2c(c1-c1nc3ccccc3[nH]1)CCCC2. The van der Waals surface area contributed by atoms with Crippen LogP contribution in [0.25, 0.3) is 28.2 Å². The summed E-state index contributed by atoms with van der Waals surface area (Å²) in [5, 5.41) is 8.36. The number of nitrogens with zero attached hydrogens (tertiary/aromatic N) is 5. The van der Waals surface area contributed by atoms with Crippen LogP contribution in [0.5, 0.6) is 0 Å². The number of amides is 1. The number of hydrogen-bond acceptors (Lipinski definition) is 6. The Morgan fingerprint density at radius 2 is 2.03 bits per heavy atom. The second kappa shape index (κ2) is 8.32. The van der Waals surface area contributed by atoms with Crippen LogP contribution >= 0.6 is 11.3 Å². The molecule has 9 heteroatoms. The van der Waals surface area contributed by atoms with Crippen molar-refractivity contribution in [2.45, 2.75) is 52.4 Å². The highest BCUT2D eigenvalue weighted by atomic mass is 32.1. The van der Waals surface area contributed by atoms with E-state index in [-0.39, 0.29) is 5.91 Å². The number of aromatic nitrogens is 6. The van der Waals surface area contributed by atoms with Gasteiger partial charge >= 0.3 is 0 Å². The van der Waals surface area contributed by atoms with Crippen molar-refractivity contribution in [1.29, 1.82) is 0 Å². The van der Waals surface area contributed by atoms with Crippen molar-refractivity contribution >= 4 is 39.1 Å². The monoisotopic (exact) mass is 471 g/mol. The highest BCUT2D eigenvalue weighted by Crippen LogP contribution is 2.43. The molecule has 6 rings (SSSR count). The minimum absolute atomic E-state index is 0.00607. The quantitative estimate of drug-likeness (QED) is 0.384. The largest absolute Gasteiger partial charge is 0.338 e. The minimum atomic E-state index is -0.00607. The van der Waals surface area contributed by atoms with Gasteiger partial charge in [0.1, 0.15) is 17.2 Å². The van der Waals surface area contributed by atoms with E-state index in [4.69, 9.17) is 4.98 Å². The molecule has 172 valence electrons. The number of thiophene rings is 1. The van der Waals surface area contributed by atoms with Gasteiger partial charge in [0.2, 0.25) is 5.91 Å². The molecule has 5 aromatic rings. The van der Waals surface area contributed by atoms with Gasteiger partial charge in [-0.25, -0.2) is 14.5 Å². The van der Waals surface area contributed by atoms with Crippen LogP contribution < -0.4 is 5.32 Å². The van der Waals surface area contributed by atoms with Crippen LogP contribution in [0, 0.1) is 13.8 Å². The maximum Gasteiger partial charge on any atom is 0.252 e. The standard InChI is InChI=1S/C25H25N7OS/c1-14-16(15(2)32-25(28-14)26-13-27-32)11-12-21(33)31-24-22(17-7-3-6-10-20(17)34-24)23-29-18-8-4-5-9-19(18)30-23/h4-5,8-9,13H,3,6-7,10-12H2,1-2H3,(H,29,30)(H,31,33). The highest BCUT2D eigenvalue weighted by Gasteiger charge is 2.25. The number of para-hydroxylation sites is 2. The molecule has 0 saturated heterocycles. The summed E-state index contributed by atoms with van der Waals surface area (Å²) in [6.45, 7) is 3.96. The Labute approximate surface area is 200 Å². The molecule has 4 heterocycles. The molecule has 0 spiro atoms. The number of benzene rings is 1. The van der Waals surface area contributed by atoms with Crippen molar-refractivity contribution in [1.82, 2.24) is 29.5 Å². The third-order valence-electron chi connectivity index (χ3n) is 6.64. The van der Waals surface area contributed by atoms with Gasteiger partial charge in [-0.05, 0) is 69.2 Å². The van der Waals surface area contributed by atoms with Crippen LogP contribution in [0.15, 0.2) is 30.6 Å². The van der Waals surface area contributed by atoms with Gasteiger partial charge in [-0.3, -0.25) is 4.79 Å². The summed E-state index contributed by atoms with van der Waals surface area (Å²) in [4.78, 5) is 31.5. The lowest BCUT2D eigenvalue weighted by molar-refractivity contribution is -0.116. The molecular weight excluding hydrogens is 446 g/mol. The lowest BCUT2D eigenvalue weighted by Gasteiger charge is -2.12. The zero-order valence-corrected chi connectivity index (χ0v) is 20.0. The van der Waals surface area contributed by atoms with Gasteiger partial charge in [-0.1, -0.05) is 12.1 Å².